The lowest BCUT2D eigenvalue weighted by atomic mass is 10.7. The molecule has 0 aromatic carbocycles. The number of carbonyl (C=O) groups is 1. The highest BCUT2D eigenvalue weighted by Crippen LogP contribution is 2.47. The molecule has 14 heavy (non-hydrogen) atoms. The van der Waals surface area contributed by atoms with E-state index in [0.717, 1.165) is 11.3 Å². The van der Waals surface area contributed by atoms with Gasteiger partial charge in [-0.15, -0.1) is 0 Å². The van der Waals surface area contributed by atoms with Crippen LogP contribution in [0.1, 0.15) is 6.92 Å². The van der Waals surface area contributed by atoms with Crippen molar-refractivity contribution in [3.63, 3.8) is 0 Å². The lowest BCUT2D eigenvalue weighted by molar-refractivity contribution is -0.114. The first kappa shape index (κ1) is 11.4. The van der Waals surface area contributed by atoms with Gasteiger partial charge in [-0.25, -0.2) is 9.71 Å². The minimum Gasteiger partial charge on any atom is -0.302 e. The summed E-state index contributed by atoms with van der Waals surface area (Å²) in [5, 5.41) is 2.80. The largest absolute Gasteiger partial charge is 0.302 e. The van der Waals surface area contributed by atoms with Crippen LogP contribution in [0.4, 0.5) is 5.13 Å². The normalized spacial score (nSPS) is 12.6. The molecule has 0 saturated carbocycles. The number of rotatable bonds is 3. The Morgan fingerprint density at radius 2 is 2.29 bits per heavy atom. The van der Waals surface area contributed by atoms with Crippen molar-refractivity contribution in [2.24, 2.45) is 0 Å². The van der Waals surface area contributed by atoms with Crippen molar-refractivity contribution in [2.45, 2.75) is 11.1 Å². The van der Waals surface area contributed by atoms with Gasteiger partial charge in [0.05, 0.1) is 6.20 Å². The first-order chi connectivity index (χ1) is 6.45. The number of carbonyl (C=O) groups excluding carboxylic acids is 1. The van der Waals surface area contributed by atoms with Gasteiger partial charge in [0, 0.05) is 14.0 Å². The highest BCUT2D eigenvalue weighted by Gasteiger charge is 2.16. The number of anilines is 1. The van der Waals surface area contributed by atoms with E-state index in [1.54, 1.807) is 0 Å². The molecule has 0 atom stereocenters. The summed E-state index contributed by atoms with van der Waals surface area (Å²) in [5.41, 5.74) is 0. The van der Waals surface area contributed by atoms with Crippen LogP contribution in [-0.2, 0) is 4.79 Å². The second-order valence-corrected chi connectivity index (χ2v) is 5.65. The van der Waals surface area contributed by atoms with Crippen LogP contribution in [0.3, 0.4) is 0 Å². The van der Waals surface area contributed by atoms with Gasteiger partial charge >= 0.3 is 0 Å². The molecular formula is C6H11N3O3S2. The van der Waals surface area contributed by atoms with Gasteiger partial charge in [-0.2, -0.15) is 0 Å². The Kier molecular flexibility index (Phi) is 3.45. The van der Waals surface area contributed by atoms with E-state index in [4.69, 9.17) is 0 Å². The summed E-state index contributed by atoms with van der Waals surface area (Å²) in [7, 11) is -1.52. The van der Waals surface area contributed by atoms with E-state index in [2.05, 4.69) is 15.0 Å². The minimum atomic E-state index is -2.96. The molecule has 6 nitrogen and oxygen atoms in total. The maximum Gasteiger partial charge on any atom is 0.223 e. The predicted octanol–water partition coefficient (Wildman–Crippen LogP) is 1.35. The summed E-state index contributed by atoms with van der Waals surface area (Å²) in [4.78, 5) is 14.5. The third kappa shape index (κ3) is 2.66. The fourth-order valence-electron chi connectivity index (χ4n) is 0.700. The fourth-order valence-corrected chi connectivity index (χ4v) is 2.65. The minimum absolute atomic E-state index is 0.244. The molecule has 0 saturated heterocycles. The topological polar surface area (TPSA) is 94.5 Å². The zero-order valence-corrected chi connectivity index (χ0v) is 9.28. The Balaban J connectivity index is 2.82. The van der Waals surface area contributed by atoms with Crippen LogP contribution in [0.5, 0.6) is 0 Å². The van der Waals surface area contributed by atoms with Crippen LogP contribution in [0.15, 0.2) is 10.4 Å². The van der Waals surface area contributed by atoms with E-state index in [1.807, 2.05) is 0 Å². The molecule has 4 N–H and O–H groups in total. The van der Waals surface area contributed by atoms with E-state index in [9.17, 15) is 13.9 Å². The van der Waals surface area contributed by atoms with E-state index in [1.165, 1.54) is 20.2 Å². The second kappa shape index (κ2) is 4.24. The Labute approximate surface area is 86.8 Å². The lowest BCUT2D eigenvalue weighted by Crippen LogP contribution is -2.13. The zero-order chi connectivity index (χ0) is 10.8. The standard InChI is InChI=1S/C6H11N3O3S2/c1-4(10)9-6-8-3-5(13-6)14(11,12)7-2/h3,7,11-12H,1-2H3,(H,8,9,10). The van der Waals surface area contributed by atoms with Gasteiger partial charge in [-0.05, 0) is 0 Å². The Morgan fingerprint density at radius 1 is 1.64 bits per heavy atom. The average Bonchev–Trinajstić information content (AvgIpc) is 2.52. The van der Waals surface area contributed by atoms with Crippen LogP contribution in [-0.4, -0.2) is 27.0 Å². The Morgan fingerprint density at radius 3 is 2.79 bits per heavy atom. The maximum atomic E-state index is 10.7. The van der Waals surface area contributed by atoms with Gasteiger partial charge in [-0.1, -0.05) is 22.1 Å². The van der Waals surface area contributed by atoms with Gasteiger partial charge in [-0.3, -0.25) is 13.9 Å². The van der Waals surface area contributed by atoms with Gasteiger partial charge in [0.25, 0.3) is 0 Å². The van der Waals surface area contributed by atoms with Gasteiger partial charge in [0.1, 0.15) is 4.21 Å². The van der Waals surface area contributed by atoms with E-state index in [0.29, 0.717) is 9.34 Å². The molecule has 0 spiro atoms. The molecule has 1 aromatic rings. The number of aromatic nitrogens is 1. The lowest BCUT2D eigenvalue weighted by Gasteiger charge is -2.28. The van der Waals surface area contributed by atoms with Gasteiger partial charge in [0.15, 0.2) is 5.13 Å². The van der Waals surface area contributed by atoms with Crippen molar-refractivity contribution >= 4 is 33.2 Å². The first-order valence-electron chi connectivity index (χ1n) is 3.66. The quantitative estimate of drug-likeness (QED) is 0.636. The van der Waals surface area contributed by atoms with Crippen LogP contribution in [0.2, 0.25) is 0 Å². The Hall–Kier alpha value is -0.670. The van der Waals surface area contributed by atoms with Crippen LogP contribution in [0.25, 0.3) is 0 Å². The van der Waals surface area contributed by atoms with Crippen LogP contribution >= 0.6 is 22.1 Å². The third-order valence-corrected chi connectivity index (χ3v) is 4.22. The van der Waals surface area contributed by atoms with E-state index < -0.39 is 10.8 Å². The molecule has 80 valence electrons. The molecule has 1 amide bonds. The molecule has 8 heteroatoms. The number of amides is 1. The molecular weight excluding hydrogens is 226 g/mol. The van der Waals surface area contributed by atoms with Crippen molar-refractivity contribution in [1.82, 2.24) is 9.71 Å². The summed E-state index contributed by atoms with van der Waals surface area (Å²) in [6.07, 6.45) is 1.32. The highest BCUT2D eigenvalue weighted by molar-refractivity contribution is 8.23. The smallest absolute Gasteiger partial charge is 0.223 e. The summed E-state index contributed by atoms with van der Waals surface area (Å²) < 4.78 is 21.5. The zero-order valence-electron chi connectivity index (χ0n) is 7.64. The molecule has 0 aliphatic carbocycles. The number of nitrogens with zero attached hydrogens (tertiary/aromatic N) is 1. The number of hydrogen-bond donors (Lipinski definition) is 4. The average molecular weight is 237 g/mol. The van der Waals surface area contributed by atoms with Gasteiger partial charge in [0.2, 0.25) is 5.91 Å². The van der Waals surface area contributed by atoms with E-state index in [-0.39, 0.29) is 5.91 Å². The molecule has 1 heterocycles. The second-order valence-electron chi connectivity index (χ2n) is 2.42. The molecule has 0 fully saturated rings. The Bertz CT molecular complexity index is 339. The van der Waals surface area contributed by atoms with Crippen molar-refractivity contribution in [1.29, 1.82) is 0 Å². The summed E-state index contributed by atoms with van der Waals surface area (Å²) >= 11 is 1.02. The van der Waals surface area contributed by atoms with Crippen LogP contribution < -0.4 is 10.0 Å². The number of thiazole rings is 1. The van der Waals surface area contributed by atoms with E-state index >= 15 is 0 Å². The number of nitrogens with one attached hydrogen (secondary N) is 2. The summed E-state index contributed by atoms with van der Waals surface area (Å²) in [6.45, 7) is 1.36. The summed E-state index contributed by atoms with van der Waals surface area (Å²) in [6, 6.07) is 0. The van der Waals surface area contributed by atoms with Crippen molar-refractivity contribution in [2.75, 3.05) is 12.4 Å². The highest BCUT2D eigenvalue weighted by atomic mass is 32.3. The predicted molar refractivity (Wildman–Crippen MR) is 56.6 cm³/mol. The molecule has 0 bridgehead atoms. The third-order valence-electron chi connectivity index (χ3n) is 1.33. The molecule has 0 aliphatic rings. The monoisotopic (exact) mass is 237 g/mol. The van der Waals surface area contributed by atoms with Gasteiger partial charge < -0.3 is 5.32 Å². The maximum absolute atomic E-state index is 10.7. The molecule has 0 unspecified atom stereocenters. The van der Waals surface area contributed by atoms with Crippen molar-refractivity contribution < 1.29 is 13.9 Å². The van der Waals surface area contributed by atoms with Crippen LogP contribution in [0, 0.1) is 0 Å². The van der Waals surface area contributed by atoms with Crippen molar-refractivity contribution in [3.05, 3.63) is 6.20 Å². The first-order valence-corrected chi connectivity index (χ1v) is 6.02. The molecule has 1 rings (SSSR count). The van der Waals surface area contributed by atoms with Crippen molar-refractivity contribution in [3.8, 4) is 0 Å². The SMILES string of the molecule is CNS(O)(O)c1cnc(NC(C)=O)s1. The molecule has 1 aromatic heterocycles. The number of hydrogen-bond acceptors (Lipinski definition) is 6. The molecule has 0 radical (unpaired) electrons. The molecule has 0 aliphatic heterocycles. The fraction of sp³-hybridized carbons (Fsp3) is 0.333. The summed E-state index contributed by atoms with van der Waals surface area (Å²) in [5.74, 6) is -0.244.